The monoisotopic (exact) mass is 293 g/mol. The third-order valence-corrected chi connectivity index (χ3v) is 2.99. The number of urea groups is 1. The van der Waals surface area contributed by atoms with Gasteiger partial charge in [0.2, 0.25) is 5.91 Å². The van der Waals surface area contributed by atoms with Crippen LogP contribution in [0, 0.1) is 0 Å². The highest BCUT2D eigenvalue weighted by Crippen LogP contribution is 2.11. The van der Waals surface area contributed by atoms with Crippen LogP contribution in [0.3, 0.4) is 0 Å². The van der Waals surface area contributed by atoms with Gasteiger partial charge in [-0.15, -0.1) is 0 Å². The topological polar surface area (TPSA) is 81.7 Å². The standard InChI is InChI=1S/C15H23N3O3/c1-11(10-19)16-15(21)17-13-7-4-12(5-8-13)6-9-14(20)18(2)3/h4-5,7-8,11,19H,6,9-10H2,1-3H3,(H2,16,17,21)/t11-/m0/s1. The number of anilines is 1. The second-order valence-electron chi connectivity index (χ2n) is 5.17. The van der Waals surface area contributed by atoms with Crippen LogP contribution in [0.4, 0.5) is 10.5 Å². The highest BCUT2D eigenvalue weighted by Gasteiger charge is 2.07. The van der Waals surface area contributed by atoms with Gasteiger partial charge in [0.05, 0.1) is 12.6 Å². The first-order valence-corrected chi connectivity index (χ1v) is 6.90. The summed E-state index contributed by atoms with van der Waals surface area (Å²) in [6.07, 6.45) is 1.14. The molecule has 1 rings (SSSR count). The van der Waals surface area contributed by atoms with Crippen LogP contribution in [-0.4, -0.2) is 48.7 Å². The van der Waals surface area contributed by atoms with Gasteiger partial charge in [-0.3, -0.25) is 4.79 Å². The number of nitrogens with one attached hydrogen (secondary N) is 2. The third-order valence-electron chi connectivity index (χ3n) is 2.99. The zero-order valence-electron chi connectivity index (χ0n) is 12.7. The molecule has 3 amide bonds. The summed E-state index contributed by atoms with van der Waals surface area (Å²) in [4.78, 5) is 24.6. The van der Waals surface area contributed by atoms with Crippen molar-refractivity contribution in [2.75, 3.05) is 26.0 Å². The van der Waals surface area contributed by atoms with Crippen LogP contribution in [0.25, 0.3) is 0 Å². The van der Waals surface area contributed by atoms with E-state index in [1.807, 2.05) is 12.1 Å². The predicted octanol–water partition coefficient (Wildman–Crippen LogP) is 1.21. The third kappa shape index (κ3) is 6.27. The number of hydrogen-bond donors (Lipinski definition) is 3. The first-order valence-electron chi connectivity index (χ1n) is 6.90. The van der Waals surface area contributed by atoms with Crippen LogP contribution < -0.4 is 10.6 Å². The van der Waals surface area contributed by atoms with E-state index >= 15 is 0 Å². The number of aliphatic hydroxyl groups is 1. The van der Waals surface area contributed by atoms with E-state index in [0.717, 1.165) is 5.56 Å². The summed E-state index contributed by atoms with van der Waals surface area (Å²) in [5.74, 6) is 0.0922. The molecule has 0 bridgehead atoms. The molecule has 0 saturated heterocycles. The fraction of sp³-hybridized carbons (Fsp3) is 0.467. The van der Waals surface area contributed by atoms with Crippen LogP contribution in [0.2, 0.25) is 0 Å². The van der Waals surface area contributed by atoms with E-state index in [-0.39, 0.29) is 24.6 Å². The lowest BCUT2D eigenvalue weighted by molar-refractivity contribution is -0.128. The normalized spacial score (nSPS) is 11.6. The smallest absolute Gasteiger partial charge is 0.319 e. The van der Waals surface area contributed by atoms with Crippen molar-refractivity contribution >= 4 is 17.6 Å². The maximum Gasteiger partial charge on any atom is 0.319 e. The molecule has 1 aromatic rings. The van der Waals surface area contributed by atoms with Crippen LogP contribution in [-0.2, 0) is 11.2 Å². The molecule has 0 heterocycles. The number of hydrogen-bond acceptors (Lipinski definition) is 3. The van der Waals surface area contributed by atoms with Gasteiger partial charge in [0.1, 0.15) is 0 Å². The van der Waals surface area contributed by atoms with Gasteiger partial charge < -0.3 is 20.6 Å². The van der Waals surface area contributed by atoms with Crippen molar-refractivity contribution < 1.29 is 14.7 Å². The van der Waals surface area contributed by atoms with Crippen molar-refractivity contribution in [1.29, 1.82) is 0 Å². The predicted molar refractivity (Wildman–Crippen MR) is 82.2 cm³/mol. The quantitative estimate of drug-likeness (QED) is 0.737. The van der Waals surface area contributed by atoms with Gasteiger partial charge in [-0.2, -0.15) is 0 Å². The van der Waals surface area contributed by atoms with Crippen molar-refractivity contribution in [1.82, 2.24) is 10.2 Å². The molecule has 3 N–H and O–H groups in total. The van der Waals surface area contributed by atoms with E-state index in [9.17, 15) is 9.59 Å². The minimum Gasteiger partial charge on any atom is -0.394 e. The first kappa shape index (κ1) is 17.0. The Balaban J connectivity index is 2.47. The van der Waals surface area contributed by atoms with Crippen LogP contribution in [0.5, 0.6) is 0 Å². The molecule has 116 valence electrons. The highest BCUT2D eigenvalue weighted by molar-refractivity contribution is 5.89. The molecule has 0 saturated carbocycles. The largest absolute Gasteiger partial charge is 0.394 e. The fourth-order valence-corrected chi connectivity index (χ4v) is 1.67. The van der Waals surface area contributed by atoms with E-state index in [2.05, 4.69) is 10.6 Å². The molecule has 0 spiro atoms. The van der Waals surface area contributed by atoms with Gasteiger partial charge in [-0.1, -0.05) is 12.1 Å². The molecule has 0 radical (unpaired) electrons. The van der Waals surface area contributed by atoms with Crippen LogP contribution in [0.15, 0.2) is 24.3 Å². The average molecular weight is 293 g/mol. The summed E-state index contributed by atoms with van der Waals surface area (Å²) < 4.78 is 0. The molecule has 0 aliphatic rings. The average Bonchev–Trinajstić information content (AvgIpc) is 2.45. The molecule has 0 aromatic heterocycles. The van der Waals surface area contributed by atoms with Gasteiger partial charge in [-0.05, 0) is 31.0 Å². The number of rotatable bonds is 6. The summed E-state index contributed by atoms with van der Waals surface area (Å²) in [6, 6.07) is 6.70. The minimum atomic E-state index is -0.355. The Morgan fingerprint density at radius 2 is 1.86 bits per heavy atom. The zero-order valence-corrected chi connectivity index (χ0v) is 12.7. The lowest BCUT2D eigenvalue weighted by Crippen LogP contribution is -2.38. The molecule has 1 aromatic carbocycles. The second kappa shape index (κ2) is 8.26. The molecular formula is C15H23N3O3. The molecule has 21 heavy (non-hydrogen) atoms. The molecular weight excluding hydrogens is 270 g/mol. The number of carbonyl (C=O) groups excluding carboxylic acids is 2. The highest BCUT2D eigenvalue weighted by atomic mass is 16.3. The lowest BCUT2D eigenvalue weighted by atomic mass is 10.1. The molecule has 0 aliphatic heterocycles. The van der Waals surface area contributed by atoms with Crippen LogP contribution in [0.1, 0.15) is 18.9 Å². The SMILES string of the molecule is C[C@@H](CO)NC(=O)Nc1ccc(CCC(=O)N(C)C)cc1. The number of nitrogens with zero attached hydrogens (tertiary/aromatic N) is 1. The maximum atomic E-state index is 11.6. The summed E-state index contributed by atoms with van der Waals surface area (Å²) in [6.45, 7) is 1.61. The molecule has 6 heteroatoms. The first-order chi connectivity index (χ1) is 9.92. The molecule has 6 nitrogen and oxygen atoms in total. The summed E-state index contributed by atoms with van der Waals surface area (Å²) in [5, 5.41) is 14.1. The summed E-state index contributed by atoms with van der Waals surface area (Å²) in [7, 11) is 3.47. The van der Waals surface area contributed by atoms with Crippen molar-refractivity contribution in [3.8, 4) is 0 Å². The van der Waals surface area contributed by atoms with Gasteiger partial charge in [0.25, 0.3) is 0 Å². The number of aryl methyl sites for hydroxylation is 1. The Hall–Kier alpha value is -2.08. The van der Waals surface area contributed by atoms with E-state index < -0.39 is 0 Å². The fourth-order valence-electron chi connectivity index (χ4n) is 1.67. The van der Waals surface area contributed by atoms with E-state index in [1.165, 1.54) is 0 Å². The van der Waals surface area contributed by atoms with E-state index in [4.69, 9.17) is 5.11 Å². The number of aliphatic hydroxyl groups excluding tert-OH is 1. The second-order valence-corrected chi connectivity index (χ2v) is 5.17. The zero-order chi connectivity index (χ0) is 15.8. The number of carbonyl (C=O) groups is 2. The minimum absolute atomic E-state index is 0.0922. The summed E-state index contributed by atoms with van der Waals surface area (Å²) in [5.41, 5.74) is 1.71. The molecule has 1 atom stereocenters. The molecule has 0 fully saturated rings. The molecule has 0 aliphatic carbocycles. The Morgan fingerprint density at radius 1 is 1.24 bits per heavy atom. The van der Waals surface area contributed by atoms with E-state index in [0.29, 0.717) is 18.5 Å². The van der Waals surface area contributed by atoms with Crippen LogP contribution >= 0.6 is 0 Å². The number of amides is 3. The van der Waals surface area contributed by atoms with Crippen molar-refractivity contribution in [2.24, 2.45) is 0 Å². The van der Waals surface area contributed by atoms with Gasteiger partial charge in [0, 0.05) is 26.2 Å². The maximum absolute atomic E-state index is 11.6. The van der Waals surface area contributed by atoms with Crippen molar-refractivity contribution in [3.63, 3.8) is 0 Å². The Bertz CT molecular complexity index is 472. The van der Waals surface area contributed by atoms with Gasteiger partial charge in [-0.25, -0.2) is 4.79 Å². The Labute approximate surface area is 125 Å². The van der Waals surface area contributed by atoms with Crippen molar-refractivity contribution in [2.45, 2.75) is 25.8 Å². The Kier molecular flexibility index (Phi) is 6.68. The Morgan fingerprint density at radius 3 is 2.38 bits per heavy atom. The summed E-state index contributed by atoms with van der Waals surface area (Å²) >= 11 is 0. The van der Waals surface area contributed by atoms with Gasteiger partial charge >= 0.3 is 6.03 Å². The van der Waals surface area contributed by atoms with Gasteiger partial charge in [0.15, 0.2) is 0 Å². The van der Waals surface area contributed by atoms with E-state index in [1.54, 1.807) is 38.1 Å². The van der Waals surface area contributed by atoms with Crippen molar-refractivity contribution in [3.05, 3.63) is 29.8 Å². The lowest BCUT2D eigenvalue weighted by Gasteiger charge is -2.12. The number of benzene rings is 1. The molecule has 0 unspecified atom stereocenters.